The van der Waals surface area contributed by atoms with Crippen LogP contribution in [0.1, 0.15) is 13.8 Å². The van der Waals surface area contributed by atoms with Gasteiger partial charge in [0, 0.05) is 34.3 Å². The van der Waals surface area contributed by atoms with E-state index in [9.17, 15) is 0 Å². The van der Waals surface area contributed by atoms with Gasteiger partial charge in [0.15, 0.2) is 0 Å². The van der Waals surface area contributed by atoms with Crippen LogP contribution in [0, 0.1) is 5.92 Å². The summed E-state index contributed by atoms with van der Waals surface area (Å²) in [6.45, 7) is 5.43. The zero-order valence-electron chi connectivity index (χ0n) is 13.0. The first-order valence-corrected chi connectivity index (χ1v) is 7.92. The van der Waals surface area contributed by atoms with Crippen molar-refractivity contribution in [1.29, 1.82) is 0 Å². The molecule has 2 rings (SSSR count). The van der Waals surface area contributed by atoms with Crippen LogP contribution >= 0.6 is 15.9 Å². The number of aromatic nitrogens is 1. The molecule has 21 heavy (non-hydrogen) atoms. The average molecular weight is 351 g/mol. The minimum absolute atomic E-state index is 0.359. The molecule has 1 aromatic heterocycles. The van der Waals surface area contributed by atoms with E-state index in [-0.39, 0.29) is 0 Å². The van der Waals surface area contributed by atoms with E-state index in [2.05, 4.69) is 59.1 Å². The van der Waals surface area contributed by atoms with E-state index in [0.717, 1.165) is 33.3 Å². The van der Waals surface area contributed by atoms with Crippen LogP contribution in [0.4, 0.5) is 11.4 Å². The van der Waals surface area contributed by atoms with E-state index in [0.29, 0.717) is 12.0 Å². The lowest BCUT2D eigenvalue weighted by atomic mass is 10.0. The van der Waals surface area contributed by atoms with Crippen molar-refractivity contribution in [2.45, 2.75) is 19.9 Å². The molecular formula is C16H23BrN4. The van der Waals surface area contributed by atoms with Crippen molar-refractivity contribution >= 4 is 38.2 Å². The third-order valence-corrected chi connectivity index (χ3v) is 3.99. The Morgan fingerprint density at radius 2 is 2.05 bits per heavy atom. The number of halogens is 1. The smallest absolute Gasteiger partial charge is 0.0954 e. The molecule has 0 fully saturated rings. The number of pyridine rings is 1. The highest BCUT2D eigenvalue weighted by Crippen LogP contribution is 2.29. The summed E-state index contributed by atoms with van der Waals surface area (Å²) in [4.78, 5) is 6.73. The molecule has 0 saturated carbocycles. The first kappa shape index (κ1) is 16.0. The summed E-state index contributed by atoms with van der Waals surface area (Å²) in [7, 11) is 4.18. The van der Waals surface area contributed by atoms with Gasteiger partial charge >= 0.3 is 0 Å². The summed E-state index contributed by atoms with van der Waals surface area (Å²) in [6.07, 6.45) is 1.81. The first-order chi connectivity index (χ1) is 9.88. The third kappa shape index (κ3) is 3.86. The molecule has 0 aliphatic heterocycles. The molecule has 0 radical (unpaired) electrons. The van der Waals surface area contributed by atoms with Crippen molar-refractivity contribution in [1.82, 2.24) is 9.88 Å². The Balaban J connectivity index is 2.39. The number of hydrogen-bond acceptors (Lipinski definition) is 4. The molecule has 0 amide bonds. The largest absolute Gasteiger partial charge is 0.398 e. The number of benzene rings is 1. The maximum atomic E-state index is 6.07. The molecule has 1 heterocycles. The summed E-state index contributed by atoms with van der Waals surface area (Å²) in [5, 5.41) is 4.60. The van der Waals surface area contributed by atoms with Crippen LogP contribution in [-0.4, -0.2) is 36.6 Å². The summed E-state index contributed by atoms with van der Waals surface area (Å²) >= 11 is 3.45. The molecule has 1 atom stereocenters. The predicted molar refractivity (Wildman–Crippen MR) is 94.7 cm³/mol. The fourth-order valence-electron chi connectivity index (χ4n) is 2.35. The summed E-state index contributed by atoms with van der Waals surface area (Å²) in [6, 6.07) is 6.33. The molecule has 0 saturated heterocycles. The number of rotatable bonds is 5. The monoisotopic (exact) mass is 350 g/mol. The topological polar surface area (TPSA) is 54.2 Å². The highest BCUT2D eigenvalue weighted by molar-refractivity contribution is 9.10. The van der Waals surface area contributed by atoms with Gasteiger partial charge in [0.05, 0.1) is 11.2 Å². The number of nitrogens with one attached hydrogen (secondary N) is 1. The van der Waals surface area contributed by atoms with Gasteiger partial charge in [-0.25, -0.2) is 0 Å². The van der Waals surface area contributed by atoms with Gasteiger partial charge in [0.2, 0.25) is 0 Å². The number of likely N-dealkylation sites (N-methyl/N-ethyl adjacent to an activating group) is 1. The quantitative estimate of drug-likeness (QED) is 0.809. The van der Waals surface area contributed by atoms with Crippen molar-refractivity contribution in [3.63, 3.8) is 0 Å². The maximum Gasteiger partial charge on any atom is 0.0954 e. The molecule has 5 heteroatoms. The molecule has 0 aliphatic rings. The van der Waals surface area contributed by atoms with Crippen LogP contribution in [-0.2, 0) is 0 Å². The van der Waals surface area contributed by atoms with Crippen molar-refractivity contribution in [3.05, 3.63) is 28.9 Å². The summed E-state index contributed by atoms with van der Waals surface area (Å²) in [5.74, 6) is 0.524. The highest BCUT2D eigenvalue weighted by Gasteiger charge is 2.16. The SMILES string of the molecule is CC(C)C(CN(C)C)Nc1ccc(N)c2cc(Br)cnc12. The van der Waals surface area contributed by atoms with E-state index in [1.54, 1.807) is 0 Å². The lowest BCUT2D eigenvalue weighted by Gasteiger charge is -2.27. The number of anilines is 2. The molecule has 4 nitrogen and oxygen atoms in total. The Morgan fingerprint density at radius 3 is 2.67 bits per heavy atom. The van der Waals surface area contributed by atoms with Crippen LogP contribution < -0.4 is 11.1 Å². The Labute approximate surface area is 134 Å². The highest BCUT2D eigenvalue weighted by atomic mass is 79.9. The second-order valence-electron chi connectivity index (χ2n) is 6.01. The Bertz CT molecular complexity index is 625. The lowest BCUT2D eigenvalue weighted by molar-refractivity contribution is 0.345. The first-order valence-electron chi connectivity index (χ1n) is 7.13. The molecule has 0 aliphatic carbocycles. The van der Waals surface area contributed by atoms with E-state index in [1.165, 1.54) is 0 Å². The number of nitrogen functional groups attached to an aromatic ring is 1. The molecule has 3 N–H and O–H groups in total. The normalized spacial score (nSPS) is 13.1. The fourth-order valence-corrected chi connectivity index (χ4v) is 2.68. The van der Waals surface area contributed by atoms with Crippen LogP contribution in [0.15, 0.2) is 28.9 Å². The van der Waals surface area contributed by atoms with Gasteiger partial charge in [-0.2, -0.15) is 0 Å². The van der Waals surface area contributed by atoms with Gasteiger partial charge in [0.1, 0.15) is 0 Å². The number of fused-ring (bicyclic) bond motifs is 1. The van der Waals surface area contributed by atoms with Gasteiger partial charge in [-0.15, -0.1) is 0 Å². The second-order valence-corrected chi connectivity index (χ2v) is 6.92. The molecule has 114 valence electrons. The van der Waals surface area contributed by atoms with E-state index in [1.807, 2.05) is 24.4 Å². The van der Waals surface area contributed by atoms with E-state index < -0.39 is 0 Å². The van der Waals surface area contributed by atoms with Gasteiger partial charge in [-0.05, 0) is 54.1 Å². The number of nitrogens with zero attached hydrogens (tertiary/aromatic N) is 2. The molecule has 1 aromatic carbocycles. The fraction of sp³-hybridized carbons (Fsp3) is 0.438. The molecule has 1 unspecified atom stereocenters. The van der Waals surface area contributed by atoms with Crippen molar-refractivity contribution < 1.29 is 0 Å². The average Bonchev–Trinajstić information content (AvgIpc) is 2.40. The van der Waals surface area contributed by atoms with Gasteiger partial charge in [-0.1, -0.05) is 13.8 Å². The number of nitrogens with two attached hydrogens (primary N) is 1. The Kier molecular flexibility index (Phi) is 5.06. The van der Waals surface area contributed by atoms with E-state index in [4.69, 9.17) is 5.73 Å². The molecular weight excluding hydrogens is 328 g/mol. The van der Waals surface area contributed by atoms with Gasteiger partial charge in [-0.3, -0.25) is 4.98 Å². The second kappa shape index (κ2) is 6.62. The van der Waals surface area contributed by atoms with Crippen LogP contribution in [0.5, 0.6) is 0 Å². The van der Waals surface area contributed by atoms with Crippen molar-refractivity contribution in [2.75, 3.05) is 31.7 Å². The lowest BCUT2D eigenvalue weighted by Crippen LogP contribution is -2.36. The van der Waals surface area contributed by atoms with Gasteiger partial charge in [0.25, 0.3) is 0 Å². The van der Waals surface area contributed by atoms with Crippen molar-refractivity contribution in [3.8, 4) is 0 Å². The van der Waals surface area contributed by atoms with Crippen LogP contribution in [0.25, 0.3) is 10.9 Å². The third-order valence-electron chi connectivity index (χ3n) is 3.56. The molecule has 2 aromatic rings. The Hall–Kier alpha value is -1.33. The zero-order chi connectivity index (χ0) is 15.6. The molecule has 0 bridgehead atoms. The summed E-state index contributed by atoms with van der Waals surface area (Å²) in [5.41, 5.74) is 8.77. The predicted octanol–water partition coefficient (Wildman–Crippen LogP) is 3.58. The minimum atomic E-state index is 0.359. The zero-order valence-corrected chi connectivity index (χ0v) is 14.6. The standard InChI is InChI=1S/C16H23BrN4/c1-10(2)15(9-21(3)4)20-14-6-5-13(18)12-7-11(17)8-19-16(12)14/h5-8,10,15,20H,9,18H2,1-4H3. The molecule has 0 spiro atoms. The maximum absolute atomic E-state index is 6.07. The summed E-state index contributed by atoms with van der Waals surface area (Å²) < 4.78 is 0.938. The Morgan fingerprint density at radius 1 is 1.33 bits per heavy atom. The van der Waals surface area contributed by atoms with Crippen LogP contribution in [0.3, 0.4) is 0 Å². The minimum Gasteiger partial charge on any atom is -0.398 e. The van der Waals surface area contributed by atoms with E-state index >= 15 is 0 Å². The van der Waals surface area contributed by atoms with Crippen molar-refractivity contribution in [2.24, 2.45) is 5.92 Å². The van der Waals surface area contributed by atoms with Crippen LogP contribution in [0.2, 0.25) is 0 Å². The van der Waals surface area contributed by atoms with Gasteiger partial charge < -0.3 is 16.0 Å². The number of hydrogen-bond donors (Lipinski definition) is 2.